The molecule has 2 radical (unpaired) electrons. The molecule has 0 fully saturated rings. The Labute approximate surface area is 78.5 Å². The van der Waals surface area contributed by atoms with Gasteiger partial charge in [-0.25, -0.2) is 4.79 Å². The Morgan fingerprint density at radius 2 is 1.45 bits per heavy atom. The van der Waals surface area contributed by atoms with Crippen LogP contribution in [0.5, 0.6) is 0 Å². The molecule has 0 unspecified atom stereocenters. The zero-order chi connectivity index (χ0) is 8.15. The summed E-state index contributed by atoms with van der Waals surface area (Å²) in [5, 5.41) is 16.0. The average Bonchev–Trinajstić information content (AvgIpc) is 1.82. The van der Waals surface area contributed by atoms with Gasteiger partial charge in [0.1, 0.15) is 0 Å². The van der Waals surface area contributed by atoms with Gasteiger partial charge in [0.15, 0.2) is 0 Å². The van der Waals surface area contributed by atoms with E-state index in [1.807, 2.05) is 0 Å². The molecule has 0 aliphatic rings. The molecule has 0 aliphatic heterocycles. The number of hydrogen-bond acceptors (Lipinski definition) is 3. The van der Waals surface area contributed by atoms with Gasteiger partial charge in [0.25, 0.3) is 0 Å². The van der Waals surface area contributed by atoms with Crippen molar-refractivity contribution in [1.82, 2.24) is 0 Å². The Kier molecular flexibility index (Phi) is 7.22. The normalized spacial score (nSPS) is 8.00. The zero-order valence-corrected chi connectivity index (χ0v) is 7.15. The maximum Gasteiger partial charge on any atom is 0.372 e. The van der Waals surface area contributed by atoms with E-state index in [1.54, 1.807) is 0 Å². The van der Waals surface area contributed by atoms with Gasteiger partial charge >= 0.3 is 11.9 Å². The molecule has 2 N–H and O–H groups in total. The van der Waals surface area contributed by atoms with Crippen molar-refractivity contribution in [2.24, 2.45) is 0 Å². The van der Waals surface area contributed by atoms with E-state index in [9.17, 15) is 14.4 Å². The number of hydrogen-bond donors (Lipinski definition) is 2. The van der Waals surface area contributed by atoms with E-state index in [4.69, 9.17) is 10.2 Å². The lowest BCUT2D eigenvalue weighted by molar-refractivity contribution is -0.149. The Bertz CT molecular complexity index is 176. The topological polar surface area (TPSA) is 91.7 Å². The summed E-state index contributed by atoms with van der Waals surface area (Å²) in [6.07, 6.45) is -0.865. The fraction of sp³-hybridized carbons (Fsp3) is 0.400. The van der Waals surface area contributed by atoms with Gasteiger partial charge in [0.05, 0.1) is 6.42 Å². The Hall–Kier alpha value is -0.624. The lowest BCUT2D eigenvalue weighted by atomic mass is 10.2. The highest BCUT2D eigenvalue weighted by molar-refractivity contribution is 6.32. The van der Waals surface area contributed by atoms with E-state index in [0.29, 0.717) is 0 Å². The molecule has 0 saturated heterocycles. The monoisotopic (exact) mass is 170 g/mol. The van der Waals surface area contributed by atoms with Crippen molar-refractivity contribution in [2.75, 3.05) is 0 Å². The van der Waals surface area contributed by atoms with Gasteiger partial charge in [0.2, 0.25) is 5.78 Å². The van der Waals surface area contributed by atoms with Gasteiger partial charge in [-0.3, -0.25) is 9.59 Å². The molecule has 0 heterocycles. The molecular formula is C5H6MgO5. The van der Waals surface area contributed by atoms with Crippen LogP contribution < -0.4 is 0 Å². The molecule has 0 rings (SSSR count). The van der Waals surface area contributed by atoms with Crippen LogP contribution in [0.25, 0.3) is 0 Å². The molecule has 0 spiro atoms. The Balaban J connectivity index is 0. The average molecular weight is 170 g/mol. The zero-order valence-electron chi connectivity index (χ0n) is 5.74. The molecule has 0 bridgehead atoms. The summed E-state index contributed by atoms with van der Waals surface area (Å²) in [5.74, 6) is -3.82. The summed E-state index contributed by atoms with van der Waals surface area (Å²) < 4.78 is 0. The quantitative estimate of drug-likeness (QED) is 0.422. The molecule has 0 saturated carbocycles. The van der Waals surface area contributed by atoms with E-state index in [-0.39, 0.29) is 23.1 Å². The number of Topliss-reactive ketones (excluding diaryl/α,β-unsaturated/α-hetero) is 1. The number of carbonyl (C=O) groups is 3. The van der Waals surface area contributed by atoms with E-state index >= 15 is 0 Å². The minimum atomic E-state index is -1.58. The van der Waals surface area contributed by atoms with Crippen LogP contribution >= 0.6 is 0 Å². The first-order valence-corrected chi connectivity index (χ1v) is 2.52. The standard InChI is InChI=1S/C5H6O5.Mg/c6-3(5(9)10)1-2-4(7)8;/h1-2H2,(H,7,8)(H,9,10);. The predicted molar refractivity (Wildman–Crippen MR) is 35.3 cm³/mol. The summed E-state index contributed by atoms with van der Waals surface area (Å²) in [5.41, 5.74) is 0. The third-order valence-electron chi connectivity index (χ3n) is 0.804. The number of carboxylic acid groups (broad SMARTS) is 2. The van der Waals surface area contributed by atoms with Crippen molar-refractivity contribution in [1.29, 1.82) is 0 Å². The van der Waals surface area contributed by atoms with Gasteiger partial charge < -0.3 is 10.2 Å². The second-order valence-electron chi connectivity index (χ2n) is 1.62. The second-order valence-corrected chi connectivity index (χ2v) is 1.62. The number of rotatable bonds is 4. The fourth-order valence-electron chi connectivity index (χ4n) is 0.327. The summed E-state index contributed by atoms with van der Waals surface area (Å²) in [7, 11) is 0. The van der Waals surface area contributed by atoms with Crippen molar-refractivity contribution in [2.45, 2.75) is 12.8 Å². The molecule has 5 nitrogen and oxygen atoms in total. The molecule has 6 heteroatoms. The van der Waals surface area contributed by atoms with Crippen molar-refractivity contribution < 1.29 is 24.6 Å². The summed E-state index contributed by atoms with van der Waals surface area (Å²) in [6.45, 7) is 0. The number of ketones is 1. The van der Waals surface area contributed by atoms with Crippen molar-refractivity contribution in [3.63, 3.8) is 0 Å². The maximum absolute atomic E-state index is 10.2. The summed E-state index contributed by atoms with van der Waals surface area (Å²) in [4.78, 5) is 29.7. The Morgan fingerprint density at radius 1 is 1.00 bits per heavy atom. The van der Waals surface area contributed by atoms with Crippen LogP contribution in [-0.2, 0) is 14.4 Å². The largest absolute Gasteiger partial charge is 0.481 e. The second kappa shape index (κ2) is 6.11. The minimum Gasteiger partial charge on any atom is -0.481 e. The van der Waals surface area contributed by atoms with Gasteiger partial charge in [-0.15, -0.1) is 0 Å². The maximum atomic E-state index is 10.2. The third-order valence-corrected chi connectivity index (χ3v) is 0.804. The van der Waals surface area contributed by atoms with E-state index < -0.39 is 30.6 Å². The molecule has 58 valence electrons. The van der Waals surface area contributed by atoms with Crippen LogP contribution in [0, 0.1) is 0 Å². The van der Waals surface area contributed by atoms with E-state index in [2.05, 4.69) is 0 Å². The van der Waals surface area contributed by atoms with Crippen LogP contribution in [0.1, 0.15) is 12.8 Å². The molecule has 11 heavy (non-hydrogen) atoms. The first-order chi connectivity index (χ1) is 4.54. The number of carbonyl (C=O) groups excluding carboxylic acids is 1. The van der Waals surface area contributed by atoms with Crippen LogP contribution in [0.4, 0.5) is 0 Å². The molecule has 0 aromatic rings. The van der Waals surface area contributed by atoms with Crippen molar-refractivity contribution in [3.8, 4) is 0 Å². The van der Waals surface area contributed by atoms with Crippen LogP contribution in [0.2, 0.25) is 0 Å². The highest BCUT2D eigenvalue weighted by Gasteiger charge is 2.12. The first kappa shape index (κ1) is 13.0. The van der Waals surface area contributed by atoms with E-state index in [1.165, 1.54) is 0 Å². The number of carboxylic acids is 2. The van der Waals surface area contributed by atoms with E-state index in [0.717, 1.165) is 0 Å². The molecule has 0 aromatic heterocycles. The van der Waals surface area contributed by atoms with Gasteiger partial charge in [0, 0.05) is 29.5 Å². The highest BCUT2D eigenvalue weighted by Crippen LogP contribution is 1.89. The van der Waals surface area contributed by atoms with Crippen LogP contribution in [0.3, 0.4) is 0 Å². The van der Waals surface area contributed by atoms with Gasteiger partial charge in [-0.2, -0.15) is 0 Å². The fourth-order valence-corrected chi connectivity index (χ4v) is 0.327. The molecule has 0 atom stereocenters. The summed E-state index contributed by atoms with van der Waals surface area (Å²) >= 11 is 0. The van der Waals surface area contributed by atoms with Gasteiger partial charge in [-0.1, -0.05) is 0 Å². The first-order valence-electron chi connectivity index (χ1n) is 2.52. The minimum absolute atomic E-state index is 0. The lowest BCUT2D eigenvalue weighted by Crippen LogP contribution is -2.13. The van der Waals surface area contributed by atoms with Gasteiger partial charge in [-0.05, 0) is 0 Å². The highest BCUT2D eigenvalue weighted by atomic mass is 24.3. The molecule has 0 amide bonds. The smallest absolute Gasteiger partial charge is 0.372 e. The van der Waals surface area contributed by atoms with Crippen LogP contribution in [0.15, 0.2) is 0 Å². The third kappa shape index (κ3) is 7.27. The van der Waals surface area contributed by atoms with Crippen LogP contribution in [-0.4, -0.2) is 51.0 Å². The Morgan fingerprint density at radius 3 is 1.73 bits per heavy atom. The van der Waals surface area contributed by atoms with Crippen molar-refractivity contribution >= 4 is 40.8 Å². The summed E-state index contributed by atoms with van der Waals surface area (Å²) in [6, 6.07) is 0. The predicted octanol–water partition coefficient (Wildman–Crippen LogP) is -0.876. The molecular weight excluding hydrogens is 164 g/mol. The molecule has 0 aromatic carbocycles. The molecule has 0 aliphatic carbocycles. The lowest BCUT2D eigenvalue weighted by Gasteiger charge is -1.88. The van der Waals surface area contributed by atoms with Crippen molar-refractivity contribution in [3.05, 3.63) is 0 Å². The number of aliphatic carboxylic acids is 2. The SMILES string of the molecule is O=C(O)CCC(=O)C(=O)O.[Mg].